The van der Waals surface area contributed by atoms with E-state index in [1.54, 1.807) is 12.1 Å². The molecule has 0 atom stereocenters. The predicted molar refractivity (Wildman–Crippen MR) is 120 cm³/mol. The maximum atomic E-state index is 13.2. The van der Waals surface area contributed by atoms with Crippen molar-refractivity contribution in [1.29, 1.82) is 0 Å². The Bertz CT molecular complexity index is 1230. The minimum absolute atomic E-state index is 0.155. The normalized spacial score (nSPS) is 10.9. The average molecular weight is 421 g/mol. The van der Waals surface area contributed by atoms with E-state index < -0.39 is 0 Å². The van der Waals surface area contributed by atoms with Crippen LogP contribution in [0.15, 0.2) is 75.9 Å². The monoisotopic (exact) mass is 420 g/mol. The predicted octanol–water partition coefficient (Wildman–Crippen LogP) is 6.19. The van der Waals surface area contributed by atoms with Crippen LogP contribution in [0.25, 0.3) is 22.3 Å². The highest BCUT2D eigenvalue weighted by Crippen LogP contribution is 2.33. The van der Waals surface area contributed by atoms with Gasteiger partial charge >= 0.3 is 0 Å². The van der Waals surface area contributed by atoms with Crippen LogP contribution >= 0.6 is 11.6 Å². The number of hydrogen-bond acceptors (Lipinski definition) is 4. The number of para-hydroxylation sites is 1. The van der Waals surface area contributed by atoms with Crippen LogP contribution in [0.1, 0.15) is 11.1 Å². The molecule has 0 aliphatic heterocycles. The number of aryl methyl sites for hydroxylation is 2. The summed E-state index contributed by atoms with van der Waals surface area (Å²) in [5.41, 5.74) is 2.94. The Morgan fingerprint density at radius 2 is 1.60 bits per heavy atom. The first-order chi connectivity index (χ1) is 14.5. The summed E-state index contributed by atoms with van der Waals surface area (Å²) < 4.78 is 17.7. The minimum atomic E-state index is -0.256. The second-order valence-electron chi connectivity index (χ2n) is 7.06. The topological polar surface area (TPSA) is 48.7 Å². The van der Waals surface area contributed by atoms with E-state index >= 15 is 0 Å². The molecule has 4 aromatic rings. The van der Waals surface area contributed by atoms with Gasteiger partial charge in [0.1, 0.15) is 24.5 Å². The van der Waals surface area contributed by atoms with Crippen molar-refractivity contribution in [2.24, 2.45) is 0 Å². The fourth-order valence-electron chi connectivity index (χ4n) is 3.14. The number of rotatable bonds is 6. The molecule has 0 amide bonds. The maximum Gasteiger partial charge on any atom is 0.235 e. The van der Waals surface area contributed by atoms with Crippen LogP contribution < -0.4 is 14.9 Å². The van der Waals surface area contributed by atoms with Crippen LogP contribution in [0, 0.1) is 13.8 Å². The minimum Gasteiger partial charge on any atom is -0.490 e. The number of hydrogen-bond donors (Lipinski definition) is 0. The third-order valence-corrected chi connectivity index (χ3v) is 5.19. The van der Waals surface area contributed by atoms with Crippen molar-refractivity contribution in [2.45, 2.75) is 13.8 Å². The first-order valence-corrected chi connectivity index (χ1v) is 10.1. The molecule has 4 rings (SSSR count). The zero-order valence-corrected chi connectivity index (χ0v) is 17.5. The molecular weight excluding hydrogens is 400 g/mol. The van der Waals surface area contributed by atoms with Gasteiger partial charge in [0.25, 0.3) is 0 Å². The van der Waals surface area contributed by atoms with Crippen LogP contribution in [0.5, 0.6) is 11.5 Å². The van der Waals surface area contributed by atoms with E-state index in [-0.39, 0.29) is 17.8 Å². The summed E-state index contributed by atoms with van der Waals surface area (Å²) >= 11 is 6.24. The van der Waals surface area contributed by atoms with Crippen molar-refractivity contribution in [3.05, 3.63) is 93.1 Å². The third kappa shape index (κ3) is 4.19. The van der Waals surface area contributed by atoms with Crippen molar-refractivity contribution in [3.63, 3.8) is 0 Å². The molecule has 5 heteroatoms. The average Bonchev–Trinajstić information content (AvgIpc) is 2.75. The molecule has 0 saturated carbocycles. The summed E-state index contributed by atoms with van der Waals surface area (Å²) in [6.07, 6.45) is 0. The van der Waals surface area contributed by atoms with E-state index in [0.717, 1.165) is 22.4 Å². The molecule has 0 radical (unpaired) electrons. The van der Waals surface area contributed by atoms with E-state index in [9.17, 15) is 4.79 Å². The van der Waals surface area contributed by atoms with Crippen molar-refractivity contribution < 1.29 is 13.9 Å². The Labute approximate surface area is 179 Å². The Hall–Kier alpha value is -3.24. The smallest absolute Gasteiger partial charge is 0.235 e. The van der Waals surface area contributed by atoms with Crippen LogP contribution in [0.3, 0.4) is 0 Å². The second kappa shape index (κ2) is 8.64. The van der Waals surface area contributed by atoms with Crippen molar-refractivity contribution in [3.8, 4) is 22.8 Å². The number of halogens is 1. The molecule has 0 aliphatic carbocycles. The molecule has 0 bridgehead atoms. The standard InChI is InChI=1S/C25H21ClO4/c1-16-8-10-18(11-9-16)24-25(29-13-12-28-19-6-4-3-5-7-19)23(27)20-15-21(26)17(2)14-22(20)30-24/h3-11,14-15H,12-13H2,1-2H3. The molecule has 0 N–H and O–H groups in total. The van der Waals surface area contributed by atoms with E-state index in [1.165, 1.54) is 0 Å². The molecular formula is C25H21ClO4. The van der Waals surface area contributed by atoms with Gasteiger partial charge in [-0.25, -0.2) is 0 Å². The highest BCUT2D eigenvalue weighted by Gasteiger charge is 2.19. The Kier molecular flexibility index (Phi) is 5.77. The van der Waals surface area contributed by atoms with Crippen LogP contribution in [-0.4, -0.2) is 13.2 Å². The lowest BCUT2D eigenvalue weighted by Gasteiger charge is -2.13. The lowest BCUT2D eigenvalue weighted by molar-refractivity contribution is 0.214. The molecule has 0 spiro atoms. The summed E-state index contributed by atoms with van der Waals surface area (Å²) in [6.45, 7) is 4.37. The Morgan fingerprint density at radius 3 is 2.33 bits per heavy atom. The van der Waals surface area contributed by atoms with Gasteiger partial charge in [-0.05, 0) is 43.7 Å². The fraction of sp³-hybridized carbons (Fsp3) is 0.160. The molecule has 152 valence electrons. The molecule has 3 aromatic carbocycles. The molecule has 30 heavy (non-hydrogen) atoms. The van der Waals surface area contributed by atoms with Gasteiger partial charge in [0.2, 0.25) is 11.2 Å². The quantitative estimate of drug-likeness (QED) is 0.349. The summed E-state index contributed by atoms with van der Waals surface area (Å²) in [6, 6.07) is 20.6. The summed E-state index contributed by atoms with van der Waals surface area (Å²) in [5.74, 6) is 1.30. The zero-order chi connectivity index (χ0) is 21.1. The third-order valence-electron chi connectivity index (χ3n) is 4.79. The lowest BCUT2D eigenvalue weighted by Crippen LogP contribution is -2.15. The maximum absolute atomic E-state index is 13.2. The molecule has 1 aromatic heterocycles. The first-order valence-electron chi connectivity index (χ1n) is 9.67. The van der Waals surface area contributed by atoms with Gasteiger partial charge in [-0.1, -0.05) is 59.6 Å². The Balaban J connectivity index is 1.70. The number of benzene rings is 3. The van der Waals surface area contributed by atoms with Gasteiger partial charge < -0.3 is 13.9 Å². The molecule has 0 saturated heterocycles. The van der Waals surface area contributed by atoms with E-state index in [4.69, 9.17) is 25.5 Å². The summed E-state index contributed by atoms with van der Waals surface area (Å²) in [5, 5.41) is 0.900. The van der Waals surface area contributed by atoms with Crippen molar-refractivity contribution >= 4 is 22.6 Å². The van der Waals surface area contributed by atoms with Gasteiger partial charge in [-0.15, -0.1) is 0 Å². The highest BCUT2D eigenvalue weighted by atomic mass is 35.5. The van der Waals surface area contributed by atoms with Crippen molar-refractivity contribution in [1.82, 2.24) is 0 Å². The van der Waals surface area contributed by atoms with E-state index in [1.807, 2.05) is 68.4 Å². The van der Waals surface area contributed by atoms with Crippen molar-refractivity contribution in [2.75, 3.05) is 13.2 Å². The SMILES string of the molecule is Cc1ccc(-c2oc3cc(C)c(Cl)cc3c(=O)c2OCCOc2ccccc2)cc1. The van der Waals surface area contributed by atoms with Crippen LogP contribution in [0.4, 0.5) is 0 Å². The van der Waals surface area contributed by atoms with E-state index in [0.29, 0.717) is 28.4 Å². The van der Waals surface area contributed by atoms with Gasteiger partial charge in [-0.2, -0.15) is 0 Å². The lowest BCUT2D eigenvalue weighted by atomic mass is 10.1. The van der Waals surface area contributed by atoms with Gasteiger partial charge in [0.05, 0.1) is 5.39 Å². The van der Waals surface area contributed by atoms with Gasteiger partial charge in [0, 0.05) is 10.6 Å². The number of ether oxygens (including phenoxy) is 2. The van der Waals surface area contributed by atoms with Crippen LogP contribution in [0.2, 0.25) is 5.02 Å². The largest absolute Gasteiger partial charge is 0.490 e. The molecule has 0 aliphatic rings. The van der Waals surface area contributed by atoms with E-state index in [2.05, 4.69) is 0 Å². The molecule has 4 nitrogen and oxygen atoms in total. The fourth-order valence-corrected chi connectivity index (χ4v) is 3.31. The second-order valence-corrected chi connectivity index (χ2v) is 7.47. The highest BCUT2D eigenvalue weighted by molar-refractivity contribution is 6.32. The summed E-state index contributed by atoms with van der Waals surface area (Å²) in [4.78, 5) is 13.2. The Morgan fingerprint density at radius 1 is 0.900 bits per heavy atom. The van der Waals surface area contributed by atoms with Gasteiger partial charge in [0.15, 0.2) is 5.76 Å². The summed E-state index contributed by atoms with van der Waals surface area (Å²) in [7, 11) is 0. The number of fused-ring (bicyclic) bond motifs is 1. The van der Waals surface area contributed by atoms with Gasteiger partial charge in [-0.3, -0.25) is 4.79 Å². The van der Waals surface area contributed by atoms with Crippen LogP contribution in [-0.2, 0) is 0 Å². The molecule has 0 unspecified atom stereocenters. The molecule has 0 fully saturated rings. The zero-order valence-electron chi connectivity index (χ0n) is 16.8. The first kappa shape index (κ1) is 20.0. The molecule has 1 heterocycles.